The van der Waals surface area contributed by atoms with E-state index in [0.29, 0.717) is 0 Å². The van der Waals surface area contributed by atoms with Crippen LogP contribution in [0.3, 0.4) is 0 Å². The summed E-state index contributed by atoms with van der Waals surface area (Å²) < 4.78 is 0. The Morgan fingerprint density at radius 1 is 1.22 bits per heavy atom. The van der Waals surface area contributed by atoms with Crippen LogP contribution in [0.2, 0.25) is 0 Å². The van der Waals surface area contributed by atoms with Gasteiger partial charge in [0, 0.05) is 45.0 Å². The number of hydrogen-bond donors (Lipinski definition) is 1. The van der Waals surface area contributed by atoms with E-state index in [1.807, 2.05) is 19.4 Å². The van der Waals surface area contributed by atoms with Gasteiger partial charge in [-0.15, -0.1) is 0 Å². The zero-order valence-corrected chi connectivity index (χ0v) is 11.0. The van der Waals surface area contributed by atoms with E-state index in [9.17, 15) is 0 Å². The number of aromatic nitrogens is 2. The normalized spacial score (nSPS) is 21.3. The lowest BCUT2D eigenvalue weighted by molar-refractivity contribution is 0.247. The van der Waals surface area contributed by atoms with Gasteiger partial charge >= 0.3 is 0 Å². The molecule has 1 N–H and O–H groups in total. The van der Waals surface area contributed by atoms with Crippen LogP contribution in [0.4, 0.5) is 5.82 Å². The highest BCUT2D eigenvalue weighted by Crippen LogP contribution is 2.28. The van der Waals surface area contributed by atoms with Crippen LogP contribution in [0, 0.1) is 0 Å². The highest BCUT2D eigenvalue weighted by Gasteiger charge is 2.31. The van der Waals surface area contributed by atoms with Crippen molar-refractivity contribution in [2.45, 2.75) is 25.4 Å². The van der Waals surface area contributed by atoms with E-state index < -0.39 is 0 Å². The van der Waals surface area contributed by atoms with Crippen molar-refractivity contribution >= 4 is 5.82 Å². The quantitative estimate of drug-likeness (QED) is 0.838. The van der Waals surface area contributed by atoms with Crippen molar-refractivity contribution in [1.82, 2.24) is 20.2 Å². The van der Waals surface area contributed by atoms with Crippen LogP contribution in [0.15, 0.2) is 12.4 Å². The molecule has 5 heteroatoms. The molecule has 1 aliphatic heterocycles. The molecule has 0 atom stereocenters. The first-order valence-electron chi connectivity index (χ1n) is 6.81. The maximum absolute atomic E-state index is 4.65. The van der Waals surface area contributed by atoms with E-state index in [2.05, 4.69) is 25.1 Å². The average molecular weight is 247 g/mol. The molecule has 2 fully saturated rings. The van der Waals surface area contributed by atoms with Crippen LogP contribution in [0.25, 0.3) is 0 Å². The van der Waals surface area contributed by atoms with Crippen LogP contribution >= 0.6 is 0 Å². The molecule has 0 bridgehead atoms. The van der Waals surface area contributed by atoms with Crippen molar-refractivity contribution in [3.63, 3.8) is 0 Å². The Bertz CT molecular complexity index is 396. The zero-order chi connectivity index (χ0) is 12.4. The zero-order valence-electron chi connectivity index (χ0n) is 11.0. The van der Waals surface area contributed by atoms with Crippen LogP contribution in [0.1, 0.15) is 18.5 Å². The second kappa shape index (κ2) is 5.20. The third-order valence-corrected chi connectivity index (χ3v) is 3.73. The predicted octanol–water partition coefficient (Wildman–Crippen LogP) is 0.480. The fourth-order valence-electron chi connectivity index (χ4n) is 2.57. The van der Waals surface area contributed by atoms with Crippen LogP contribution in [-0.2, 0) is 6.54 Å². The van der Waals surface area contributed by atoms with Gasteiger partial charge in [-0.3, -0.25) is 9.88 Å². The maximum Gasteiger partial charge on any atom is 0.147 e. The molecule has 2 heterocycles. The van der Waals surface area contributed by atoms with Gasteiger partial charge in [-0.1, -0.05) is 0 Å². The third kappa shape index (κ3) is 2.62. The minimum absolute atomic E-state index is 0.781. The highest BCUT2D eigenvalue weighted by molar-refractivity contribution is 5.37. The largest absolute Gasteiger partial charge is 0.353 e. The minimum Gasteiger partial charge on any atom is -0.353 e. The minimum atomic E-state index is 0.781. The van der Waals surface area contributed by atoms with Crippen molar-refractivity contribution in [3.8, 4) is 0 Å². The fraction of sp³-hybridized carbons (Fsp3) is 0.692. The maximum atomic E-state index is 4.65. The smallest absolute Gasteiger partial charge is 0.147 e. The fourth-order valence-corrected chi connectivity index (χ4v) is 2.57. The predicted molar refractivity (Wildman–Crippen MR) is 71.6 cm³/mol. The molecular weight excluding hydrogens is 226 g/mol. The van der Waals surface area contributed by atoms with Crippen LogP contribution in [0.5, 0.6) is 0 Å². The lowest BCUT2D eigenvalue weighted by Gasteiger charge is -2.35. The molecule has 0 aromatic carbocycles. The van der Waals surface area contributed by atoms with Gasteiger partial charge in [-0.05, 0) is 19.9 Å². The Kier molecular flexibility index (Phi) is 3.43. The molecule has 5 nitrogen and oxygen atoms in total. The lowest BCUT2D eigenvalue weighted by Crippen LogP contribution is -2.47. The van der Waals surface area contributed by atoms with Crippen molar-refractivity contribution in [3.05, 3.63) is 18.1 Å². The Balaban J connectivity index is 1.62. The molecule has 1 aromatic heterocycles. The molecule has 98 valence electrons. The summed E-state index contributed by atoms with van der Waals surface area (Å²) in [6.45, 7) is 5.27. The SMILES string of the molecule is CNCc1cncc(N2CCN(C3CC3)CC2)n1. The first kappa shape index (κ1) is 11.9. The summed E-state index contributed by atoms with van der Waals surface area (Å²) in [6, 6.07) is 0.883. The first-order valence-corrected chi connectivity index (χ1v) is 6.81. The van der Waals surface area contributed by atoms with Gasteiger partial charge in [0.25, 0.3) is 0 Å². The molecule has 1 saturated carbocycles. The van der Waals surface area contributed by atoms with Crippen molar-refractivity contribution < 1.29 is 0 Å². The van der Waals surface area contributed by atoms with Crippen LogP contribution in [-0.4, -0.2) is 54.1 Å². The molecule has 2 aliphatic rings. The summed E-state index contributed by atoms with van der Waals surface area (Å²) in [5.41, 5.74) is 1.01. The first-order chi connectivity index (χ1) is 8.86. The topological polar surface area (TPSA) is 44.3 Å². The molecule has 3 rings (SSSR count). The van der Waals surface area contributed by atoms with Gasteiger partial charge in [-0.2, -0.15) is 0 Å². The molecule has 0 radical (unpaired) electrons. The summed E-state index contributed by atoms with van der Waals surface area (Å²) in [5.74, 6) is 1.03. The number of piperazine rings is 1. The molecule has 1 aromatic rings. The van der Waals surface area contributed by atoms with Gasteiger partial charge in [0.05, 0.1) is 11.9 Å². The summed E-state index contributed by atoms with van der Waals surface area (Å²) in [5, 5.41) is 3.12. The van der Waals surface area contributed by atoms with Gasteiger partial charge in [0.2, 0.25) is 0 Å². The number of hydrogen-bond acceptors (Lipinski definition) is 5. The molecule has 0 spiro atoms. The van der Waals surface area contributed by atoms with E-state index in [0.717, 1.165) is 37.2 Å². The Morgan fingerprint density at radius 3 is 2.67 bits per heavy atom. The molecule has 0 unspecified atom stereocenters. The Hall–Kier alpha value is -1.20. The second-order valence-corrected chi connectivity index (χ2v) is 5.15. The molecular formula is C13H21N5. The average Bonchev–Trinajstić information content (AvgIpc) is 3.24. The lowest BCUT2D eigenvalue weighted by atomic mass is 10.3. The standard InChI is InChI=1S/C13H21N5/c1-14-8-11-9-15-10-13(16-11)18-6-4-17(5-7-18)12-2-3-12/h9-10,12,14H,2-8H2,1H3. The molecule has 1 saturated heterocycles. The van der Waals surface area contributed by atoms with E-state index in [-0.39, 0.29) is 0 Å². The van der Waals surface area contributed by atoms with Gasteiger partial charge < -0.3 is 10.2 Å². The van der Waals surface area contributed by atoms with Crippen molar-refractivity contribution in [1.29, 1.82) is 0 Å². The Morgan fingerprint density at radius 2 is 2.00 bits per heavy atom. The van der Waals surface area contributed by atoms with E-state index in [4.69, 9.17) is 0 Å². The van der Waals surface area contributed by atoms with E-state index >= 15 is 0 Å². The third-order valence-electron chi connectivity index (χ3n) is 3.73. The van der Waals surface area contributed by atoms with E-state index in [1.54, 1.807) is 0 Å². The summed E-state index contributed by atoms with van der Waals surface area (Å²) in [7, 11) is 1.93. The summed E-state index contributed by atoms with van der Waals surface area (Å²) in [4.78, 5) is 13.9. The van der Waals surface area contributed by atoms with Crippen molar-refractivity contribution in [2.75, 3.05) is 38.1 Å². The molecule has 18 heavy (non-hydrogen) atoms. The van der Waals surface area contributed by atoms with Gasteiger partial charge in [-0.25, -0.2) is 4.98 Å². The van der Waals surface area contributed by atoms with Crippen molar-refractivity contribution in [2.24, 2.45) is 0 Å². The number of nitrogens with one attached hydrogen (secondary N) is 1. The van der Waals surface area contributed by atoms with Gasteiger partial charge in [0.15, 0.2) is 0 Å². The summed E-state index contributed by atoms with van der Waals surface area (Å²) >= 11 is 0. The van der Waals surface area contributed by atoms with E-state index in [1.165, 1.54) is 25.9 Å². The second-order valence-electron chi connectivity index (χ2n) is 5.15. The monoisotopic (exact) mass is 247 g/mol. The highest BCUT2D eigenvalue weighted by atomic mass is 15.3. The van der Waals surface area contributed by atoms with Crippen LogP contribution < -0.4 is 10.2 Å². The number of nitrogens with zero attached hydrogens (tertiary/aromatic N) is 4. The molecule has 1 aliphatic carbocycles. The number of rotatable bonds is 4. The number of anilines is 1. The Labute approximate surface area is 108 Å². The molecule has 0 amide bonds. The van der Waals surface area contributed by atoms with Gasteiger partial charge in [0.1, 0.15) is 5.82 Å². The summed E-state index contributed by atoms with van der Waals surface area (Å²) in [6.07, 6.45) is 6.52.